The number of β-amino-alcohol motifs (C(OH)–C–C–N with tert-alkyl or cyclic N) is 1. The first-order valence-corrected chi connectivity index (χ1v) is 10.2. The SMILES string of the molecule is OC(COc1ccccc1)CN1CCN(c2ccnc3cc(Br)cnc23)CC1. The monoisotopic (exact) mass is 442 g/mol. The van der Waals surface area contributed by atoms with E-state index in [1.165, 1.54) is 0 Å². The van der Waals surface area contributed by atoms with Crippen LogP contribution in [0.2, 0.25) is 0 Å². The molecule has 3 heterocycles. The van der Waals surface area contributed by atoms with Gasteiger partial charge in [0.05, 0.1) is 11.2 Å². The van der Waals surface area contributed by atoms with Crippen molar-refractivity contribution in [2.75, 3.05) is 44.2 Å². The van der Waals surface area contributed by atoms with Crippen molar-refractivity contribution in [2.24, 2.45) is 0 Å². The average Bonchev–Trinajstić information content (AvgIpc) is 2.73. The Balaban J connectivity index is 1.31. The molecule has 6 nitrogen and oxygen atoms in total. The lowest BCUT2D eigenvalue weighted by molar-refractivity contribution is 0.0663. The van der Waals surface area contributed by atoms with Crippen LogP contribution in [0.25, 0.3) is 11.0 Å². The van der Waals surface area contributed by atoms with Crippen LogP contribution in [0, 0.1) is 0 Å². The Morgan fingerprint density at radius 2 is 1.86 bits per heavy atom. The maximum Gasteiger partial charge on any atom is 0.119 e. The van der Waals surface area contributed by atoms with Gasteiger partial charge in [-0.15, -0.1) is 0 Å². The highest BCUT2D eigenvalue weighted by Gasteiger charge is 2.21. The van der Waals surface area contributed by atoms with Crippen LogP contribution in [0.3, 0.4) is 0 Å². The summed E-state index contributed by atoms with van der Waals surface area (Å²) in [5, 5.41) is 10.3. The Hall–Kier alpha value is -2.22. The summed E-state index contributed by atoms with van der Waals surface area (Å²) in [6, 6.07) is 13.6. The zero-order valence-electron chi connectivity index (χ0n) is 15.5. The molecule has 1 N–H and O–H groups in total. The van der Waals surface area contributed by atoms with Crippen molar-refractivity contribution in [3.8, 4) is 5.75 Å². The van der Waals surface area contributed by atoms with Crippen LogP contribution in [0.5, 0.6) is 5.75 Å². The van der Waals surface area contributed by atoms with Crippen LogP contribution in [-0.2, 0) is 0 Å². The van der Waals surface area contributed by atoms with E-state index in [9.17, 15) is 5.11 Å². The summed E-state index contributed by atoms with van der Waals surface area (Å²) in [6.07, 6.45) is 3.14. The normalized spacial score (nSPS) is 16.3. The van der Waals surface area contributed by atoms with E-state index in [4.69, 9.17) is 4.74 Å². The Kier molecular flexibility index (Phi) is 6.04. The van der Waals surface area contributed by atoms with Crippen molar-refractivity contribution in [3.63, 3.8) is 0 Å². The first kappa shape index (κ1) is 19.1. The fourth-order valence-corrected chi connectivity index (χ4v) is 3.80. The van der Waals surface area contributed by atoms with Crippen LogP contribution >= 0.6 is 15.9 Å². The van der Waals surface area contributed by atoms with Gasteiger partial charge in [-0.3, -0.25) is 14.9 Å². The molecule has 3 aromatic rings. The van der Waals surface area contributed by atoms with Gasteiger partial charge in [-0.05, 0) is 40.2 Å². The van der Waals surface area contributed by atoms with Gasteiger partial charge in [0.25, 0.3) is 0 Å². The molecule has 0 bridgehead atoms. The molecule has 1 unspecified atom stereocenters. The second-order valence-electron chi connectivity index (χ2n) is 6.92. The number of ether oxygens (including phenoxy) is 1. The molecular weight excluding hydrogens is 420 g/mol. The average molecular weight is 443 g/mol. The molecule has 7 heteroatoms. The summed E-state index contributed by atoms with van der Waals surface area (Å²) >= 11 is 3.45. The number of anilines is 1. The molecule has 0 saturated carbocycles. The van der Waals surface area contributed by atoms with E-state index >= 15 is 0 Å². The summed E-state index contributed by atoms with van der Waals surface area (Å²) in [5.41, 5.74) is 2.93. The number of aliphatic hydroxyl groups is 1. The number of fused-ring (bicyclic) bond motifs is 1. The number of pyridine rings is 2. The summed E-state index contributed by atoms with van der Waals surface area (Å²) < 4.78 is 6.58. The molecule has 1 fully saturated rings. The highest BCUT2D eigenvalue weighted by molar-refractivity contribution is 9.10. The van der Waals surface area contributed by atoms with Crippen LogP contribution in [0.1, 0.15) is 0 Å². The molecule has 1 aliphatic rings. The minimum absolute atomic E-state index is 0.304. The highest BCUT2D eigenvalue weighted by atomic mass is 79.9. The minimum atomic E-state index is -0.507. The molecular formula is C21H23BrN4O2. The largest absolute Gasteiger partial charge is 0.491 e. The van der Waals surface area contributed by atoms with E-state index in [-0.39, 0.29) is 0 Å². The van der Waals surface area contributed by atoms with Crippen molar-refractivity contribution in [1.82, 2.24) is 14.9 Å². The van der Waals surface area contributed by atoms with Gasteiger partial charge in [-0.2, -0.15) is 0 Å². The van der Waals surface area contributed by atoms with E-state index in [0.717, 1.165) is 53.1 Å². The van der Waals surface area contributed by atoms with Crippen molar-refractivity contribution in [3.05, 3.63) is 59.3 Å². The number of para-hydroxylation sites is 1. The minimum Gasteiger partial charge on any atom is -0.491 e. The third-order valence-corrected chi connectivity index (χ3v) is 5.32. The number of hydrogen-bond acceptors (Lipinski definition) is 6. The number of benzene rings is 1. The number of nitrogens with zero attached hydrogens (tertiary/aromatic N) is 4. The quantitative estimate of drug-likeness (QED) is 0.632. The van der Waals surface area contributed by atoms with E-state index in [0.29, 0.717) is 13.2 Å². The second-order valence-corrected chi connectivity index (χ2v) is 7.83. The molecule has 0 radical (unpaired) electrons. The number of hydrogen-bond donors (Lipinski definition) is 1. The second kappa shape index (κ2) is 8.86. The predicted octanol–water partition coefficient (Wildman–Crippen LogP) is 2.95. The fraction of sp³-hybridized carbons (Fsp3) is 0.333. The van der Waals surface area contributed by atoms with Gasteiger partial charge in [0.1, 0.15) is 24.0 Å². The van der Waals surface area contributed by atoms with Gasteiger partial charge < -0.3 is 14.7 Å². The molecule has 146 valence electrons. The van der Waals surface area contributed by atoms with E-state index in [1.54, 1.807) is 0 Å². The lowest BCUT2D eigenvalue weighted by Crippen LogP contribution is -2.49. The molecule has 1 atom stereocenters. The van der Waals surface area contributed by atoms with Crippen LogP contribution in [-0.4, -0.2) is 65.4 Å². The van der Waals surface area contributed by atoms with Crippen LogP contribution in [0.4, 0.5) is 5.69 Å². The molecule has 4 rings (SSSR count). The van der Waals surface area contributed by atoms with Crippen LogP contribution < -0.4 is 9.64 Å². The van der Waals surface area contributed by atoms with Crippen molar-refractivity contribution in [1.29, 1.82) is 0 Å². The number of aliphatic hydroxyl groups excluding tert-OH is 1. The molecule has 2 aromatic heterocycles. The lowest BCUT2D eigenvalue weighted by Gasteiger charge is -2.37. The first-order valence-electron chi connectivity index (χ1n) is 9.42. The van der Waals surface area contributed by atoms with E-state index < -0.39 is 6.10 Å². The predicted molar refractivity (Wildman–Crippen MR) is 114 cm³/mol. The summed E-state index contributed by atoms with van der Waals surface area (Å²) in [7, 11) is 0. The van der Waals surface area contributed by atoms with E-state index in [1.807, 2.05) is 54.9 Å². The smallest absolute Gasteiger partial charge is 0.119 e. The Morgan fingerprint density at radius 1 is 1.07 bits per heavy atom. The molecule has 1 saturated heterocycles. The van der Waals surface area contributed by atoms with Gasteiger partial charge in [-0.25, -0.2) is 0 Å². The molecule has 0 amide bonds. The molecule has 0 spiro atoms. The summed E-state index contributed by atoms with van der Waals surface area (Å²) in [4.78, 5) is 13.6. The van der Waals surface area contributed by atoms with Crippen LogP contribution in [0.15, 0.2) is 59.3 Å². The van der Waals surface area contributed by atoms with Crippen molar-refractivity contribution < 1.29 is 9.84 Å². The zero-order valence-corrected chi connectivity index (χ0v) is 17.1. The zero-order chi connectivity index (χ0) is 19.3. The third-order valence-electron chi connectivity index (χ3n) is 4.89. The van der Waals surface area contributed by atoms with Gasteiger partial charge in [0.15, 0.2) is 0 Å². The highest BCUT2D eigenvalue weighted by Crippen LogP contribution is 2.26. The topological polar surface area (TPSA) is 61.7 Å². The molecule has 1 aliphatic heterocycles. The Morgan fingerprint density at radius 3 is 2.64 bits per heavy atom. The first-order chi connectivity index (χ1) is 13.7. The lowest BCUT2D eigenvalue weighted by atomic mass is 10.2. The van der Waals surface area contributed by atoms with Gasteiger partial charge in [-0.1, -0.05) is 18.2 Å². The maximum atomic E-state index is 10.3. The third kappa shape index (κ3) is 4.60. The number of halogens is 1. The Bertz CT molecular complexity index is 917. The van der Waals surface area contributed by atoms with Crippen molar-refractivity contribution >= 4 is 32.7 Å². The standard InChI is InChI=1S/C21H23BrN4O2/c22-16-12-19-21(24-13-16)20(6-7-23-19)26-10-8-25(9-11-26)14-17(27)15-28-18-4-2-1-3-5-18/h1-7,12-13,17,27H,8-11,14-15H2. The van der Waals surface area contributed by atoms with Gasteiger partial charge in [0, 0.05) is 49.6 Å². The van der Waals surface area contributed by atoms with E-state index in [2.05, 4.69) is 35.7 Å². The van der Waals surface area contributed by atoms with Crippen molar-refractivity contribution in [2.45, 2.75) is 6.10 Å². The van der Waals surface area contributed by atoms with Gasteiger partial charge >= 0.3 is 0 Å². The maximum absolute atomic E-state index is 10.3. The Labute approximate surface area is 172 Å². The fourth-order valence-electron chi connectivity index (χ4n) is 3.48. The summed E-state index contributed by atoms with van der Waals surface area (Å²) in [6.45, 7) is 4.48. The molecule has 28 heavy (non-hydrogen) atoms. The molecule has 0 aliphatic carbocycles. The summed E-state index contributed by atoms with van der Waals surface area (Å²) in [5.74, 6) is 0.787. The number of rotatable bonds is 6. The van der Waals surface area contributed by atoms with Gasteiger partial charge in [0.2, 0.25) is 0 Å². The molecule has 1 aromatic carbocycles. The number of piperazine rings is 1. The number of aromatic nitrogens is 2.